The maximum atomic E-state index is 12.8. The van der Waals surface area contributed by atoms with Gasteiger partial charge in [0.05, 0.1) is 7.11 Å². The van der Waals surface area contributed by atoms with E-state index in [0.717, 1.165) is 54.6 Å². The van der Waals surface area contributed by atoms with Crippen LogP contribution in [0.5, 0.6) is 5.75 Å². The Kier molecular flexibility index (Phi) is 5.33. The maximum Gasteiger partial charge on any atom is 0.252 e. The van der Waals surface area contributed by atoms with Crippen LogP contribution in [-0.2, 0) is 11.2 Å². The molecule has 3 aromatic rings. The van der Waals surface area contributed by atoms with Gasteiger partial charge >= 0.3 is 0 Å². The molecule has 29 heavy (non-hydrogen) atoms. The SMILES string of the molecule is COc1cccc(N2CCN(C(=O)CCc3c(C)nc4ncnn4c3C)CC2)c1. The second-order valence-electron chi connectivity index (χ2n) is 7.30. The standard InChI is InChI=1S/C21H26N6O2/c1-15-19(16(2)27-21(24-15)22-14-23-27)7-8-20(28)26-11-9-25(10-12-26)17-5-4-6-18(13-17)29-3/h4-6,13-14H,7-12H2,1-3H3. The number of hydrogen-bond donors (Lipinski definition) is 0. The molecule has 1 amide bonds. The Bertz CT molecular complexity index is 1020. The van der Waals surface area contributed by atoms with Crippen molar-refractivity contribution in [3.8, 4) is 5.75 Å². The topological polar surface area (TPSA) is 75.9 Å². The Labute approximate surface area is 170 Å². The van der Waals surface area contributed by atoms with Crippen LogP contribution in [0.3, 0.4) is 0 Å². The Morgan fingerprint density at radius 1 is 1.17 bits per heavy atom. The molecule has 0 bridgehead atoms. The number of aryl methyl sites for hydroxylation is 2. The van der Waals surface area contributed by atoms with Crippen molar-refractivity contribution in [1.29, 1.82) is 0 Å². The highest BCUT2D eigenvalue weighted by molar-refractivity contribution is 5.77. The van der Waals surface area contributed by atoms with E-state index in [4.69, 9.17) is 4.74 Å². The number of hydrogen-bond acceptors (Lipinski definition) is 6. The molecule has 0 atom stereocenters. The quantitative estimate of drug-likeness (QED) is 0.659. The zero-order valence-electron chi connectivity index (χ0n) is 17.1. The molecule has 0 radical (unpaired) electrons. The summed E-state index contributed by atoms with van der Waals surface area (Å²) in [5, 5.41) is 4.22. The van der Waals surface area contributed by atoms with Gasteiger partial charge in [-0.15, -0.1) is 0 Å². The van der Waals surface area contributed by atoms with Crippen LogP contribution in [0.2, 0.25) is 0 Å². The Balaban J connectivity index is 1.36. The molecule has 0 saturated carbocycles. The van der Waals surface area contributed by atoms with Crippen LogP contribution in [-0.4, -0.2) is 63.7 Å². The summed E-state index contributed by atoms with van der Waals surface area (Å²) in [6.07, 6.45) is 2.64. The minimum atomic E-state index is 0.188. The Hall–Kier alpha value is -3.16. The molecule has 1 aliphatic rings. The number of ether oxygens (including phenoxy) is 1. The average Bonchev–Trinajstić information content (AvgIpc) is 3.22. The number of fused-ring (bicyclic) bond motifs is 1. The third-order valence-corrected chi connectivity index (χ3v) is 5.63. The van der Waals surface area contributed by atoms with E-state index in [-0.39, 0.29) is 5.91 Å². The second-order valence-corrected chi connectivity index (χ2v) is 7.30. The molecule has 0 aliphatic carbocycles. The second kappa shape index (κ2) is 8.06. The van der Waals surface area contributed by atoms with Gasteiger partial charge in [-0.1, -0.05) is 6.07 Å². The molecule has 4 rings (SSSR count). The van der Waals surface area contributed by atoms with Gasteiger partial charge < -0.3 is 14.5 Å². The number of carbonyl (C=O) groups is 1. The number of anilines is 1. The Morgan fingerprint density at radius 2 is 1.97 bits per heavy atom. The zero-order valence-corrected chi connectivity index (χ0v) is 17.1. The minimum Gasteiger partial charge on any atom is -0.497 e. The van der Waals surface area contributed by atoms with Crippen LogP contribution in [0.4, 0.5) is 5.69 Å². The summed E-state index contributed by atoms with van der Waals surface area (Å²) in [5.41, 5.74) is 4.13. The first-order chi connectivity index (χ1) is 14.1. The largest absolute Gasteiger partial charge is 0.497 e. The van der Waals surface area contributed by atoms with Crippen LogP contribution < -0.4 is 9.64 Å². The van der Waals surface area contributed by atoms with Crippen molar-refractivity contribution >= 4 is 17.4 Å². The highest BCUT2D eigenvalue weighted by Gasteiger charge is 2.22. The number of amides is 1. The first kappa shape index (κ1) is 19.2. The Morgan fingerprint density at radius 3 is 2.72 bits per heavy atom. The normalized spacial score (nSPS) is 14.4. The maximum absolute atomic E-state index is 12.8. The molecule has 2 aromatic heterocycles. The zero-order chi connectivity index (χ0) is 20.4. The molecule has 0 spiro atoms. The summed E-state index contributed by atoms with van der Waals surface area (Å²) in [6.45, 7) is 7.08. The van der Waals surface area contributed by atoms with Gasteiger partial charge in [0.15, 0.2) is 0 Å². The van der Waals surface area contributed by atoms with Gasteiger partial charge in [-0.2, -0.15) is 10.1 Å². The van der Waals surface area contributed by atoms with Gasteiger partial charge in [0.1, 0.15) is 12.1 Å². The molecule has 3 heterocycles. The molecule has 1 aliphatic heterocycles. The molecule has 1 aromatic carbocycles. The first-order valence-corrected chi connectivity index (χ1v) is 9.89. The van der Waals surface area contributed by atoms with Gasteiger partial charge in [-0.25, -0.2) is 9.50 Å². The molecule has 8 nitrogen and oxygen atoms in total. The minimum absolute atomic E-state index is 0.188. The van der Waals surface area contributed by atoms with E-state index in [1.54, 1.807) is 11.6 Å². The van der Waals surface area contributed by atoms with E-state index >= 15 is 0 Å². The summed E-state index contributed by atoms with van der Waals surface area (Å²) in [7, 11) is 1.68. The molecule has 0 unspecified atom stereocenters. The molecule has 152 valence electrons. The number of carbonyl (C=O) groups excluding carboxylic acids is 1. The summed E-state index contributed by atoms with van der Waals surface area (Å²) in [4.78, 5) is 25.7. The van der Waals surface area contributed by atoms with E-state index in [0.29, 0.717) is 18.6 Å². The number of nitrogens with zero attached hydrogens (tertiary/aromatic N) is 6. The third kappa shape index (κ3) is 3.87. The van der Waals surface area contributed by atoms with Gasteiger partial charge in [0.2, 0.25) is 5.91 Å². The number of piperazine rings is 1. The molecule has 0 N–H and O–H groups in total. The smallest absolute Gasteiger partial charge is 0.252 e. The molecular weight excluding hydrogens is 368 g/mol. The monoisotopic (exact) mass is 394 g/mol. The van der Waals surface area contributed by atoms with Crippen LogP contribution >= 0.6 is 0 Å². The highest BCUT2D eigenvalue weighted by Crippen LogP contribution is 2.22. The van der Waals surface area contributed by atoms with Crippen molar-refractivity contribution in [2.75, 3.05) is 38.2 Å². The highest BCUT2D eigenvalue weighted by atomic mass is 16.5. The van der Waals surface area contributed by atoms with Crippen molar-refractivity contribution in [3.63, 3.8) is 0 Å². The van der Waals surface area contributed by atoms with Gasteiger partial charge in [-0.3, -0.25) is 4.79 Å². The van der Waals surface area contributed by atoms with Crippen molar-refractivity contribution in [2.45, 2.75) is 26.7 Å². The van der Waals surface area contributed by atoms with E-state index in [1.165, 1.54) is 6.33 Å². The fourth-order valence-electron chi connectivity index (χ4n) is 3.93. The lowest BCUT2D eigenvalue weighted by atomic mass is 10.1. The number of methoxy groups -OCH3 is 1. The van der Waals surface area contributed by atoms with Gasteiger partial charge in [0.25, 0.3) is 5.78 Å². The summed E-state index contributed by atoms with van der Waals surface area (Å²) >= 11 is 0. The summed E-state index contributed by atoms with van der Waals surface area (Å²) in [5.74, 6) is 1.64. The predicted molar refractivity (Wildman–Crippen MR) is 110 cm³/mol. The average molecular weight is 394 g/mol. The fourth-order valence-corrected chi connectivity index (χ4v) is 3.93. The van der Waals surface area contributed by atoms with Crippen LogP contribution in [0.1, 0.15) is 23.4 Å². The lowest BCUT2D eigenvalue weighted by Crippen LogP contribution is -2.48. The van der Waals surface area contributed by atoms with E-state index < -0.39 is 0 Å². The number of aromatic nitrogens is 4. The van der Waals surface area contributed by atoms with E-state index in [1.807, 2.05) is 36.9 Å². The van der Waals surface area contributed by atoms with Crippen LogP contribution in [0.25, 0.3) is 5.78 Å². The van der Waals surface area contributed by atoms with Crippen LogP contribution in [0, 0.1) is 13.8 Å². The predicted octanol–water partition coefficient (Wildman–Crippen LogP) is 2.03. The van der Waals surface area contributed by atoms with E-state index in [9.17, 15) is 4.79 Å². The van der Waals surface area contributed by atoms with Crippen molar-refractivity contribution in [3.05, 3.63) is 47.5 Å². The van der Waals surface area contributed by atoms with Crippen molar-refractivity contribution in [2.24, 2.45) is 0 Å². The molecular formula is C21H26N6O2. The van der Waals surface area contributed by atoms with E-state index in [2.05, 4.69) is 26.0 Å². The molecule has 1 fully saturated rings. The summed E-state index contributed by atoms with van der Waals surface area (Å²) < 4.78 is 7.05. The summed E-state index contributed by atoms with van der Waals surface area (Å²) in [6, 6.07) is 8.06. The van der Waals surface area contributed by atoms with Crippen molar-refractivity contribution < 1.29 is 9.53 Å². The third-order valence-electron chi connectivity index (χ3n) is 5.63. The molecule has 8 heteroatoms. The van der Waals surface area contributed by atoms with Crippen molar-refractivity contribution in [1.82, 2.24) is 24.5 Å². The van der Waals surface area contributed by atoms with Crippen LogP contribution in [0.15, 0.2) is 30.6 Å². The lowest BCUT2D eigenvalue weighted by molar-refractivity contribution is -0.131. The molecule has 1 saturated heterocycles. The number of benzene rings is 1. The van der Waals surface area contributed by atoms with Gasteiger partial charge in [0, 0.05) is 55.7 Å². The number of rotatable bonds is 5. The first-order valence-electron chi connectivity index (χ1n) is 9.89. The van der Waals surface area contributed by atoms with Gasteiger partial charge in [-0.05, 0) is 38.0 Å². The fraction of sp³-hybridized carbons (Fsp3) is 0.429. The lowest BCUT2D eigenvalue weighted by Gasteiger charge is -2.36.